The third-order valence-electron chi connectivity index (χ3n) is 2.05. The molecular formula is C11H25NO3. The summed E-state index contributed by atoms with van der Waals surface area (Å²) >= 11 is 0. The fourth-order valence-corrected chi connectivity index (χ4v) is 1.16. The Morgan fingerprint density at radius 3 is 2.47 bits per heavy atom. The molecule has 0 saturated carbocycles. The number of rotatable bonds is 11. The maximum absolute atomic E-state index is 8.96. The van der Waals surface area contributed by atoms with Crippen molar-refractivity contribution in [2.45, 2.75) is 32.7 Å². The van der Waals surface area contributed by atoms with Crippen molar-refractivity contribution < 1.29 is 14.6 Å². The zero-order chi connectivity index (χ0) is 11.4. The summed E-state index contributed by atoms with van der Waals surface area (Å²) in [5.41, 5.74) is 0. The van der Waals surface area contributed by atoms with E-state index < -0.39 is 0 Å². The van der Waals surface area contributed by atoms with E-state index in [0.29, 0.717) is 19.8 Å². The maximum Gasteiger partial charge on any atom is 0.0701 e. The average Bonchev–Trinajstić information content (AvgIpc) is 2.26. The van der Waals surface area contributed by atoms with Crippen LogP contribution in [0.1, 0.15) is 26.7 Å². The highest BCUT2D eigenvalue weighted by Gasteiger charge is 2.04. The van der Waals surface area contributed by atoms with Gasteiger partial charge in [-0.05, 0) is 13.0 Å². The molecule has 4 heteroatoms. The van der Waals surface area contributed by atoms with Crippen LogP contribution in [0.4, 0.5) is 0 Å². The third-order valence-corrected chi connectivity index (χ3v) is 2.05. The fraction of sp³-hybridized carbons (Fsp3) is 1.00. The highest BCUT2D eigenvalue weighted by Crippen LogP contribution is 1.89. The first-order valence-electron chi connectivity index (χ1n) is 5.84. The molecule has 0 aromatic heterocycles. The maximum atomic E-state index is 8.96. The predicted octanol–water partition coefficient (Wildman–Crippen LogP) is 0.790. The number of hydrogen-bond donors (Lipinski definition) is 2. The minimum Gasteiger partial charge on any atom is -0.395 e. The number of likely N-dealkylation sites (N-methyl/N-ethyl adjacent to an activating group) is 1. The molecule has 0 aromatic rings. The zero-order valence-electron chi connectivity index (χ0n) is 10.00. The predicted molar refractivity (Wildman–Crippen MR) is 61.1 cm³/mol. The summed E-state index contributed by atoms with van der Waals surface area (Å²) in [4.78, 5) is 0. The Bertz CT molecular complexity index is 122. The van der Waals surface area contributed by atoms with Gasteiger partial charge in [0, 0.05) is 6.61 Å². The Morgan fingerprint density at radius 2 is 1.87 bits per heavy atom. The zero-order valence-corrected chi connectivity index (χ0v) is 10.00. The van der Waals surface area contributed by atoms with Gasteiger partial charge in [-0.2, -0.15) is 0 Å². The molecule has 0 aliphatic carbocycles. The lowest BCUT2D eigenvalue weighted by Crippen LogP contribution is -2.36. The van der Waals surface area contributed by atoms with Gasteiger partial charge in [0.05, 0.1) is 32.5 Å². The minimum atomic E-state index is 0.0469. The number of unbranched alkanes of at least 4 members (excludes halogenated alkanes) is 1. The van der Waals surface area contributed by atoms with E-state index in [-0.39, 0.29) is 12.6 Å². The molecule has 1 atom stereocenters. The smallest absolute Gasteiger partial charge is 0.0701 e. The molecule has 0 heterocycles. The molecule has 0 rings (SSSR count). The van der Waals surface area contributed by atoms with Crippen LogP contribution in [0.25, 0.3) is 0 Å². The Balaban J connectivity index is 3.14. The van der Waals surface area contributed by atoms with Crippen LogP contribution in [0.2, 0.25) is 0 Å². The number of ether oxygens (including phenoxy) is 2. The second-order valence-electron chi connectivity index (χ2n) is 3.48. The first-order chi connectivity index (χ1) is 7.35. The Kier molecular flexibility index (Phi) is 11.8. The van der Waals surface area contributed by atoms with Gasteiger partial charge in [0.15, 0.2) is 0 Å². The Labute approximate surface area is 93.0 Å². The van der Waals surface area contributed by atoms with Gasteiger partial charge in [-0.3, -0.25) is 0 Å². The molecule has 92 valence electrons. The molecule has 0 amide bonds. The van der Waals surface area contributed by atoms with Gasteiger partial charge < -0.3 is 19.9 Å². The van der Waals surface area contributed by atoms with Crippen LogP contribution in [0.15, 0.2) is 0 Å². The summed E-state index contributed by atoms with van der Waals surface area (Å²) in [6.07, 6.45) is 2.27. The summed E-state index contributed by atoms with van der Waals surface area (Å²) in [5.74, 6) is 0. The van der Waals surface area contributed by atoms with Crippen LogP contribution in [-0.4, -0.2) is 50.7 Å². The fourth-order valence-electron chi connectivity index (χ4n) is 1.16. The van der Waals surface area contributed by atoms with E-state index in [4.69, 9.17) is 14.6 Å². The standard InChI is InChI=1S/C11H25NO3/c1-3-5-6-14-7-8-15-10-11(9-13)12-4-2/h11-13H,3-10H2,1-2H3. The van der Waals surface area contributed by atoms with Gasteiger partial charge in [-0.15, -0.1) is 0 Å². The SMILES string of the molecule is CCCCOCCOCC(CO)NCC. The molecule has 0 aromatic carbocycles. The average molecular weight is 219 g/mol. The van der Waals surface area contributed by atoms with E-state index in [1.165, 1.54) is 0 Å². The second-order valence-corrected chi connectivity index (χ2v) is 3.48. The van der Waals surface area contributed by atoms with Crippen molar-refractivity contribution in [2.75, 3.05) is 39.6 Å². The van der Waals surface area contributed by atoms with Crippen LogP contribution in [0.3, 0.4) is 0 Å². The highest BCUT2D eigenvalue weighted by molar-refractivity contribution is 4.62. The van der Waals surface area contributed by atoms with Crippen molar-refractivity contribution in [1.29, 1.82) is 0 Å². The van der Waals surface area contributed by atoms with E-state index in [0.717, 1.165) is 26.0 Å². The lowest BCUT2D eigenvalue weighted by Gasteiger charge is -2.14. The highest BCUT2D eigenvalue weighted by atomic mass is 16.5. The summed E-state index contributed by atoms with van der Waals surface area (Å²) < 4.78 is 10.7. The molecule has 0 radical (unpaired) electrons. The monoisotopic (exact) mass is 219 g/mol. The number of nitrogens with one attached hydrogen (secondary N) is 1. The first kappa shape index (κ1) is 14.8. The van der Waals surface area contributed by atoms with Crippen LogP contribution in [0, 0.1) is 0 Å². The molecule has 0 aliphatic heterocycles. The summed E-state index contributed by atoms with van der Waals surface area (Å²) in [7, 11) is 0. The van der Waals surface area contributed by atoms with E-state index in [9.17, 15) is 0 Å². The Hall–Kier alpha value is -0.160. The molecule has 2 N–H and O–H groups in total. The van der Waals surface area contributed by atoms with Gasteiger partial charge in [0.25, 0.3) is 0 Å². The number of aliphatic hydroxyl groups excluding tert-OH is 1. The van der Waals surface area contributed by atoms with Gasteiger partial charge in [-0.25, -0.2) is 0 Å². The van der Waals surface area contributed by atoms with E-state index in [1.807, 2.05) is 6.92 Å². The van der Waals surface area contributed by atoms with Crippen LogP contribution in [-0.2, 0) is 9.47 Å². The quantitative estimate of drug-likeness (QED) is 0.504. The molecule has 0 saturated heterocycles. The largest absolute Gasteiger partial charge is 0.395 e. The van der Waals surface area contributed by atoms with Gasteiger partial charge in [-0.1, -0.05) is 20.3 Å². The summed E-state index contributed by atoms with van der Waals surface area (Å²) in [5, 5.41) is 12.1. The van der Waals surface area contributed by atoms with Crippen molar-refractivity contribution >= 4 is 0 Å². The van der Waals surface area contributed by atoms with E-state index in [2.05, 4.69) is 12.2 Å². The van der Waals surface area contributed by atoms with Crippen LogP contribution in [0.5, 0.6) is 0 Å². The number of aliphatic hydroxyl groups is 1. The van der Waals surface area contributed by atoms with Crippen molar-refractivity contribution in [3.63, 3.8) is 0 Å². The minimum absolute atomic E-state index is 0.0469. The molecule has 0 spiro atoms. The van der Waals surface area contributed by atoms with E-state index >= 15 is 0 Å². The van der Waals surface area contributed by atoms with Crippen molar-refractivity contribution in [3.8, 4) is 0 Å². The normalized spacial score (nSPS) is 13.0. The second kappa shape index (κ2) is 11.9. The molecule has 15 heavy (non-hydrogen) atoms. The lowest BCUT2D eigenvalue weighted by molar-refractivity contribution is 0.0313. The van der Waals surface area contributed by atoms with Crippen molar-refractivity contribution in [1.82, 2.24) is 5.32 Å². The van der Waals surface area contributed by atoms with E-state index in [1.54, 1.807) is 0 Å². The molecule has 4 nitrogen and oxygen atoms in total. The van der Waals surface area contributed by atoms with Crippen LogP contribution < -0.4 is 5.32 Å². The summed E-state index contributed by atoms with van der Waals surface area (Å²) in [6.45, 7) is 7.72. The van der Waals surface area contributed by atoms with Crippen molar-refractivity contribution in [2.24, 2.45) is 0 Å². The van der Waals surface area contributed by atoms with Gasteiger partial charge in [0.2, 0.25) is 0 Å². The molecule has 0 aliphatic rings. The van der Waals surface area contributed by atoms with Crippen molar-refractivity contribution in [3.05, 3.63) is 0 Å². The first-order valence-corrected chi connectivity index (χ1v) is 5.84. The molecule has 1 unspecified atom stereocenters. The third kappa shape index (κ3) is 10.1. The summed E-state index contributed by atoms with van der Waals surface area (Å²) in [6, 6.07) is 0.0469. The van der Waals surface area contributed by atoms with Crippen LogP contribution >= 0.6 is 0 Å². The lowest BCUT2D eigenvalue weighted by atomic mass is 10.3. The molecule has 0 fully saturated rings. The molecular weight excluding hydrogens is 194 g/mol. The molecule has 0 bridgehead atoms. The van der Waals surface area contributed by atoms with Gasteiger partial charge >= 0.3 is 0 Å². The Morgan fingerprint density at radius 1 is 1.13 bits per heavy atom. The topological polar surface area (TPSA) is 50.7 Å². The number of hydrogen-bond acceptors (Lipinski definition) is 4. The van der Waals surface area contributed by atoms with Gasteiger partial charge in [0.1, 0.15) is 0 Å².